The molecule has 0 atom stereocenters. The highest BCUT2D eigenvalue weighted by molar-refractivity contribution is 5.90. The third-order valence-electron chi connectivity index (χ3n) is 3.44. The Kier molecular flexibility index (Phi) is 8.14. The summed E-state index contributed by atoms with van der Waals surface area (Å²) in [5.41, 5.74) is 1.75. The monoisotopic (exact) mass is 358 g/mol. The van der Waals surface area contributed by atoms with Crippen LogP contribution in [0, 0.1) is 0 Å². The summed E-state index contributed by atoms with van der Waals surface area (Å²) in [6.45, 7) is 4.79. The van der Waals surface area contributed by atoms with Gasteiger partial charge in [-0.3, -0.25) is 9.48 Å². The van der Waals surface area contributed by atoms with Gasteiger partial charge in [0.15, 0.2) is 5.96 Å². The fourth-order valence-electron chi connectivity index (χ4n) is 2.27. The number of guanidine groups is 1. The van der Waals surface area contributed by atoms with Gasteiger partial charge in [0, 0.05) is 38.3 Å². The van der Waals surface area contributed by atoms with E-state index in [1.54, 1.807) is 30.3 Å². The third kappa shape index (κ3) is 6.94. The van der Waals surface area contributed by atoms with Crippen LogP contribution in [0.25, 0.3) is 0 Å². The zero-order valence-corrected chi connectivity index (χ0v) is 15.2. The van der Waals surface area contributed by atoms with Gasteiger partial charge in [-0.15, -0.1) is 0 Å². The molecule has 1 aromatic carbocycles. The summed E-state index contributed by atoms with van der Waals surface area (Å²) in [6, 6.07) is 9.44. The summed E-state index contributed by atoms with van der Waals surface area (Å²) in [4.78, 5) is 16.6. The van der Waals surface area contributed by atoms with Gasteiger partial charge in [0.1, 0.15) is 6.54 Å². The fraction of sp³-hybridized carbons (Fsp3) is 0.389. The number of aromatic nitrogens is 2. The number of nitrogens with zero attached hydrogens (tertiary/aromatic N) is 3. The lowest BCUT2D eigenvalue weighted by molar-refractivity contribution is -0.116. The second kappa shape index (κ2) is 10.9. The van der Waals surface area contributed by atoms with Crippen LogP contribution < -0.4 is 16.0 Å². The number of nitrogens with one attached hydrogen (secondary N) is 3. The maximum Gasteiger partial charge on any atom is 0.246 e. The van der Waals surface area contributed by atoms with Crippen molar-refractivity contribution in [1.29, 1.82) is 0 Å². The van der Waals surface area contributed by atoms with Gasteiger partial charge in [-0.25, -0.2) is 4.99 Å². The first-order valence-corrected chi connectivity index (χ1v) is 8.58. The predicted molar refractivity (Wildman–Crippen MR) is 102 cm³/mol. The zero-order chi connectivity index (χ0) is 18.6. The molecule has 3 N–H and O–H groups in total. The van der Waals surface area contributed by atoms with Crippen molar-refractivity contribution in [3.63, 3.8) is 0 Å². The summed E-state index contributed by atoms with van der Waals surface area (Å²) < 4.78 is 6.61. The minimum atomic E-state index is -0.121. The molecule has 0 aliphatic rings. The van der Waals surface area contributed by atoms with Gasteiger partial charge in [0.2, 0.25) is 5.91 Å². The molecule has 0 aliphatic carbocycles. The number of carbonyl (C=O) groups is 1. The number of aliphatic imine (C=N–C) groups is 1. The van der Waals surface area contributed by atoms with Crippen LogP contribution in [0.4, 0.5) is 5.69 Å². The van der Waals surface area contributed by atoms with E-state index >= 15 is 0 Å². The summed E-state index contributed by atoms with van der Waals surface area (Å²) >= 11 is 0. The SMILES string of the molecule is CCNC(=NCc1cccc(NC(=O)Cn2cccn2)c1)NCCOC. The lowest BCUT2D eigenvalue weighted by Crippen LogP contribution is -2.38. The maximum absolute atomic E-state index is 12.1. The van der Waals surface area contributed by atoms with E-state index in [0.717, 1.165) is 23.8 Å². The molecule has 26 heavy (non-hydrogen) atoms. The molecule has 140 valence electrons. The van der Waals surface area contributed by atoms with Crippen molar-refractivity contribution in [2.24, 2.45) is 4.99 Å². The number of hydrogen-bond acceptors (Lipinski definition) is 4. The molecular formula is C18H26N6O2. The highest BCUT2D eigenvalue weighted by Crippen LogP contribution is 2.11. The van der Waals surface area contributed by atoms with E-state index in [1.807, 2.05) is 31.2 Å². The summed E-state index contributed by atoms with van der Waals surface area (Å²) in [5.74, 6) is 0.613. The van der Waals surface area contributed by atoms with Crippen LogP contribution in [0.3, 0.4) is 0 Å². The standard InChI is InChI=1S/C18H26N6O2/c1-3-19-18(20-9-11-26-2)21-13-15-6-4-7-16(12-15)23-17(25)14-24-10-5-8-22-24/h4-8,10,12H,3,9,11,13-14H2,1-2H3,(H,23,25)(H2,19,20,21). The molecule has 2 aromatic rings. The molecule has 0 spiro atoms. The molecule has 1 amide bonds. The van der Waals surface area contributed by atoms with E-state index in [0.29, 0.717) is 19.7 Å². The van der Waals surface area contributed by atoms with Crippen LogP contribution in [0.5, 0.6) is 0 Å². The number of rotatable bonds is 9. The van der Waals surface area contributed by atoms with Gasteiger partial charge in [-0.05, 0) is 30.7 Å². The van der Waals surface area contributed by atoms with Gasteiger partial charge >= 0.3 is 0 Å². The van der Waals surface area contributed by atoms with Crippen molar-refractivity contribution in [3.8, 4) is 0 Å². The van der Waals surface area contributed by atoms with Crippen LogP contribution in [0.15, 0.2) is 47.7 Å². The lowest BCUT2D eigenvalue weighted by Gasteiger charge is -2.11. The van der Waals surface area contributed by atoms with Gasteiger partial charge in [-0.2, -0.15) is 5.10 Å². The minimum Gasteiger partial charge on any atom is -0.383 e. The van der Waals surface area contributed by atoms with Crippen LogP contribution in [-0.2, 0) is 22.6 Å². The van der Waals surface area contributed by atoms with Crippen LogP contribution in [-0.4, -0.2) is 48.5 Å². The Morgan fingerprint density at radius 2 is 2.19 bits per heavy atom. The van der Waals surface area contributed by atoms with Gasteiger partial charge < -0.3 is 20.7 Å². The van der Waals surface area contributed by atoms with E-state index in [-0.39, 0.29) is 12.5 Å². The van der Waals surface area contributed by atoms with E-state index in [2.05, 4.69) is 26.0 Å². The molecule has 1 aromatic heterocycles. The van der Waals surface area contributed by atoms with Crippen LogP contribution in [0.2, 0.25) is 0 Å². The van der Waals surface area contributed by atoms with Crippen molar-refractivity contribution in [2.75, 3.05) is 32.1 Å². The Bertz CT molecular complexity index is 699. The van der Waals surface area contributed by atoms with Gasteiger partial charge in [-0.1, -0.05) is 12.1 Å². The number of amides is 1. The molecule has 0 bridgehead atoms. The molecule has 0 aliphatic heterocycles. The second-order valence-corrected chi connectivity index (χ2v) is 5.57. The molecule has 1 heterocycles. The highest BCUT2D eigenvalue weighted by Gasteiger charge is 2.04. The molecule has 2 rings (SSSR count). The van der Waals surface area contributed by atoms with Crippen molar-refractivity contribution >= 4 is 17.6 Å². The molecular weight excluding hydrogens is 332 g/mol. The number of methoxy groups -OCH3 is 1. The largest absolute Gasteiger partial charge is 0.383 e. The number of hydrogen-bond donors (Lipinski definition) is 3. The van der Waals surface area contributed by atoms with E-state index in [4.69, 9.17) is 4.74 Å². The number of benzene rings is 1. The number of carbonyl (C=O) groups excluding carboxylic acids is 1. The highest BCUT2D eigenvalue weighted by atomic mass is 16.5. The Hall–Kier alpha value is -2.87. The molecule has 0 radical (unpaired) electrons. The molecule has 8 heteroatoms. The zero-order valence-electron chi connectivity index (χ0n) is 15.2. The van der Waals surface area contributed by atoms with E-state index in [9.17, 15) is 4.79 Å². The lowest BCUT2D eigenvalue weighted by atomic mass is 10.2. The quantitative estimate of drug-likeness (QED) is 0.356. The average Bonchev–Trinajstić information content (AvgIpc) is 3.13. The fourth-order valence-corrected chi connectivity index (χ4v) is 2.27. The van der Waals surface area contributed by atoms with Gasteiger partial charge in [0.25, 0.3) is 0 Å². The van der Waals surface area contributed by atoms with Crippen LogP contribution >= 0.6 is 0 Å². The first-order valence-electron chi connectivity index (χ1n) is 8.58. The Morgan fingerprint density at radius 3 is 2.92 bits per heavy atom. The molecule has 0 saturated carbocycles. The predicted octanol–water partition coefficient (Wildman–Crippen LogP) is 1.22. The summed E-state index contributed by atoms with van der Waals surface area (Å²) in [7, 11) is 1.66. The molecule has 0 fully saturated rings. The van der Waals surface area contributed by atoms with Crippen molar-refractivity contribution in [2.45, 2.75) is 20.0 Å². The summed E-state index contributed by atoms with van der Waals surface area (Å²) in [5, 5.41) is 13.3. The number of anilines is 1. The van der Waals surface area contributed by atoms with Crippen molar-refractivity contribution in [3.05, 3.63) is 48.3 Å². The average molecular weight is 358 g/mol. The van der Waals surface area contributed by atoms with E-state index < -0.39 is 0 Å². The smallest absolute Gasteiger partial charge is 0.246 e. The molecule has 8 nitrogen and oxygen atoms in total. The maximum atomic E-state index is 12.1. The Labute approximate surface area is 153 Å². The topological polar surface area (TPSA) is 92.6 Å². The first-order chi connectivity index (χ1) is 12.7. The normalized spacial score (nSPS) is 11.2. The first kappa shape index (κ1) is 19.5. The molecule has 0 unspecified atom stereocenters. The Balaban J connectivity index is 1.92. The Morgan fingerprint density at radius 1 is 1.31 bits per heavy atom. The van der Waals surface area contributed by atoms with Crippen molar-refractivity contribution < 1.29 is 9.53 Å². The van der Waals surface area contributed by atoms with Gasteiger partial charge in [0.05, 0.1) is 13.2 Å². The second-order valence-electron chi connectivity index (χ2n) is 5.57. The molecule has 0 saturated heterocycles. The van der Waals surface area contributed by atoms with E-state index in [1.165, 1.54) is 0 Å². The third-order valence-corrected chi connectivity index (χ3v) is 3.44. The van der Waals surface area contributed by atoms with Crippen molar-refractivity contribution in [1.82, 2.24) is 20.4 Å². The summed E-state index contributed by atoms with van der Waals surface area (Å²) in [6.07, 6.45) is 3.40. The van der Waals surface area contributed by atoms with Crippen LogP contribution in [0.1, 0.15) is 12.5 Å². The minimum absolute atomic E-state index is 0.121. The number of ether oxygens (including phenoxy) is 1.